The number of hydrogen-bond donors (Lipinski definition) is 0. The number of nitriles is 1. The Labute approximate surface area is 218 Å². The molecule has 3 aliphatic heterocycles. The molecule has 0 radical (unpaired) electrons. The van der Waals surface area contributed by atoms with E-state index in [-0.39, 0.29) is 16.7 Å². The fraction of sp³-hybridized carbons (Fsp3) is 0.481. The van der Waals surface area contributed by atoms with E-state index < -0.39 is 23.0 Å². The van der Waals surface area contributed by atoms with Gasteiger partial charge in [0.25, 0.3) is 5.91 Å². The van der Waals surface area contributed by atoms with Crippen LogP contribution in [-0.4, -0.2) is 45.6 Å². The summed E-state index contributed by atoms with van der Waals surface area (Å²) >= 11 is 5.71. The molecule has 1 aromatic heterocycles. The molecule has 1 spiro atoms. The molecule has 37 heavy (non-hydrogen) atoms. The lowest BCUT2D eigenvalue weighted by Crippen LogP contribution is -2.55. The number of aromatic nitrogens is 1. The van der Waals surface area contributed by atoms with E-state index in [9.17, 15) is 18.0 Å². The first-order chi connectivity index (χ1) is 17.6. The highest BCUT2D eigenvalue weighted by atomic mass is 32.1. The summed E-state index contributed by atoms with van der Waals surface area (Å²) in [5, 5.41) is 9.23. The van der Waals surface area contributed by atoms with Crippen molar-refractivity contribution in [2.75, 3.05) is 16.8 Å². The predicted octanol–water partition coefficient (Wildman–Crippen LogP) is 5.37. The summed E-state index contributed by atoms with van der Waals surface area (Å²) in [5.41, 5.74) is -0.859. The minimum absolute atomic E-state index is 0.0754. The second-order valence-corrected chi connectivity index (χ2v) is 11.0. The number of fused-ring (bicyclic) bond motifs is 2. The molecule has 10 heteroatoms. The minimum atomic E-state index is -4.78. The number of hydrogen-bond acceptors (Lipinski definition) is 5. The lowest BCUT2D eigenvalue weighted by molar-refractivity contribution is -0.138. The summed E-state index contributed by atoms with van der Waals surface area (Å²) in [4.78, 5) is 22.8. The van der Waals surface area contributed by atoms with Gasteiger partial charge in [0.1, 0.15) is 11.6 Å². The Hall–Kier alpha value is -3.03. The van der Waals surface area contributed by atoms with E-state index in [2.05, 4.69) is 29.1 Å². The summed E-state index contributed by atoms with van der Waals surface area (Å²) in [5.74, 6) is 0.147. The topological polar surface area (TPSA) is 63.5 Å². The first-order valence-corrected chi connectivity index (χ1v) is 13.0. The fourth-order valence-corrected chi connectivity index (χ4v) is 7.14. The average molecular weight is 526 g/mol. The number of anilines is 2. The number of pyridine rings is 1. The summed E-state index contributed by atoms with van der Waals surface area (Å²) in [6.07, 6.45) is 3.07. The number of amides is 1. The third-order valence-corrected chi connectivity index (χ3v) is 9.22. The zero-order chi connectivity index (χ0) is 26.1. The third-order valence-electron chi connectivity index (χ3n) is 8.86. The highest BCUT2D eigenvalue weighted by Gasteiger charge is 2.59. The Morgan fingerprint density at radius 3 is 2.30 bits per heavy atom. The molecule has 2 bridgehead atoms. The fourth-order valence-electron chi connectivity index (χ4n) is 6.67. The van der Waals surface area contributed by atoms with Crippen LogP contribution in [0.1, 0.15) is 67.7 Å². The molecule has 6 nitrogen and oxygen atoms in total. The van der Waals surface area contributed by atoms with Crippen LogP contribution in [-0.2, 0) is 11.0 Å². The maximum atomic E-state index is 13.7. The molecule has 4 fully saturated rings. The standard InChI is InChI=1S/C27H26F3N5OS/c1-33-19-7-8-20(33)12-17(11-19)16-3-5-18(6-4-16)35-25(37)34(24(36)26(35)9-2-10-26)21-13-22(27(28,29)30)23(14-31)32-15-21/h3-6,13,15,17,19-20H,2,7-12H2,1H3. The molecule has 2 atom stereocenters. The number of rotatable bonds is 3. The number of alkyl halides is 3. The molecule has 6 rings (SSSR count). The second-order valence-electron chi connectivity index (χ2n) is 10.7. The van der Waals surface area contributed by atoms with Crippen molar-refractivity contribution in [3.05, 3.63) is 53.3 Å². The van der Waals surface area contributed by atoms with Gasteiger partial charge >= 0.3 is 6.18 Å². The second kappa shape index (κ2) is 8.50. The van der Waals surface area contributed by atoms with Crippen LogP contribution in [0.3, 0.4) is 0 Å². The van der Waals surface area contributed by atoms with Crippen LogP contribution >= 0.6 is 12.2 Å². The van der Waals surface area contributed by atoms with Gasteiger partial charge in [-0.15, -0.1) is 0 Å². The number of nitrogens with zero attached hydrogens (tertiary/aromatic N) is 5. The van der Waals surface area contributed by atoms with E-state index in [4.69, 9.17) is 17.5 Å². The molecule has 2 unspecified atom stereocenters. The molecule has 3 saturated heterocycles. The Balaban J connectivity index is 1.32. The van der Waals surface area contributed by atoms with Gasteiger partial charge in [-0.3, -0.25) is 9.69 Å². The van der Waals surface area contributed by atoms with Crippen molar-refractivity contribution in [3.63, 3.8) is 0 Å². The van der Waals surface area contributed by atoms with Crippen molar-refractivity contribution in [2.45, 2.75) is 74.7 Å². The summed E-state index contributed by atoms with van der Waals surface area (Å²) in [6, 6.07) is 11.7. The molecule has 1 aromatic carbocycles. The van der Waals surface area contributed by atoms with Crippen molar-refractivity contribution in [1.82, 2.24) is 9.88 Å². The van der Waals surface area contributed by atoms with E-state index >= 15 is 0 Å². The van der Waals surface area contributed by atoms with E-state index in [1.165, 1.54) is 24.5 Å². The average Bonchev–Trinajstić information content (AvgIpc) is 3.19. The van der Waals surface area contributed by atoms with E-state index in [1.54, 1.807) is 0 Å². The van der Waals surface area contributed by atoms with Crippen LogP contribution in [0.2, 0.25) is 0 Å². The maximum absolute atomic E-state index is 13.7. The number of halogens is 3. The largest absolute Gasteiger partial charge is 0.419 e. The minimum Gasteiger partial charge on any atom is -0.303 e. The summed E-state index contributed by atoms with van der Waals surface area (Å²) < 4.78 is 40.8. The molecule has 1 aliphatic carbocycles. The van der Waals surface area contributed by atoms with Crippen LogP contribution in [0.4, 0.5) is 24.5 Å². The molecule has 4 heterocycles. The van der Waals surface area contributed by atoms with Gasteiger partial charge in [-0.05, 0) is 93.9 Å². The quantitative estimate of drug-likeness (QED) is 0.502. The Bertz CT molecular complexity index is 1300. The van der Waals surface area contributed by atoms with E-state index in [0.29, 0.717) is 30.8 Å². The van der Waals surface area contributed by atoms with Gasteiger partial charge in [0.15, 0.2) is 10.8 Å². The lowest BCUT2D eigenvalue weighted by Gasteiger charge is -2.43. The monoisotopic (exact) mass is 525 g/mol. The zero-order valence-electron chi connectivity index (χ0n) is 20.3. The van der Waals surface area contributed by atoms with Gasteiger partial charge < -0.3 is 9.80 Å². The van der Waals surface area contributed by atoms with Crippen LogP contribution in [0.25, 0.3) is 0 Å². The molecule has 4 aliphatic rings. The Kier molecular flexibility index (Phi) is 5.58. The van der Waals surface area contributed by atoms with Crippen molar-refractivity contribution in [2.24, 2.45) is 0 Å². The number of carbonyl (C=O) groups excluding carboxylic acids is 1. The molecule has 2 aromatic rings. The summed E-state index contributed by atoms with van der Waals surface area (Å²) in [7, 11) is 2.22. The predicted molar refractivity (Wildman–Crippen MR) is 136 cm³/mol. The molecular weight excluding hydrogens is 499 g/mol. The van der Waals surface area contributed by atoms with Crippen molar-refractivity contribution < 1.29 is 18.0 Å². The Morgan fingerprint density at radius 2 is 1.76 bits per heavy atom. The van der Waals surface area contributed by atoms with Gasteiger partial charge in [-0.25, -0.2) is 4.98 Å². The Morgan fingerprint density at radius 1 is 1.11 bits per heavy atom. The van der Waals surface area contributed by atoms with Gasteiger partial charge in [-0.1, -0.05) is 12.1 Å². The lowest BCUT2D eigenvalue weighted by atomic mass is 9.75. The number of piperidine rings is 1. The van der Waals surface area contributed by atoms with Crippen molar-refractivity contribution in [3.8, 4) is 6.07 Å². The molecule has 1 saturated carbocycles. The third kappa shape index (κ3) is 3.66. The zero-order valence-corrected chi connectivity index (χ0v) is 21.1. The van der Waals surface area contributed by atoms with Crippen LogP contribution in [0, 0.1) is 11.3 Å². The SMILES string of the molecule is CN1C2CCC1CC(c1ccc(N3C(=S)N(c4cnc(C#N)c(C(F)(F)F)c4)C(=O)C34CCC4)cc1)C2. The molecular formula is C27H26F3N5OS. The van der Waals surface area contributed by atoms with Gasteiger partial charge in [0.2, 0.25) is 0 Å². The van der Waals surface area contributed by atoms with E-state index in [0.717, 1.165) is 42.1 Å². The number of benzene rings is 1. The number of carbonyl (C=O) groups is 1. The highest BCUT2D eigenvalue weighted by Crippen LogP contribution is 2.49. The van der Waals surface area contributed by atoms with Crippen LogP contribution in [0.15, 0.2) is 36.5 Å². The van der Waals surface area contributed by atoms with Crippen molar-refractivity contribution >= 4 is 34.6 Å². The van der Waals surface area contributed by atoms with Crippen molar-refractivity contribution in [1.29, 1.82) is 5.26 Å². The highest BCUT2D eigenvalue weighted by molar-refractivity contribution is 7.81. The van der Waals surface area contributed by atoms with Crippen LogP contribution < -0.4 is 9.80 Å². The molecule has 1 amide bonds. The molecule has 192 valence electrons. The van der Waals surface area contributed by atoms with Gasteiger partial charge in [0.05, 0.1) is 17.4 Å². The first kappa shape index (κ1) is 24.3. The maximum Gasteiger partial charge on any atom is 0.419 e. The van der Waals surface area contributed by atoms with E-state index in [1.807, 2.05) is 17.0 Å². The molecule has 0 N–H and O–H groups in total. The van der Waals surface area contributed by atoms with Gasteiger partial charge in [0, 0.05) is 17.8 Å². The summed E-state index contributed by atoms with van der Waals surface area (Å²) in [6.45, 7) is 0. The normalized spacial score (nSPS) is 27.1. The number of thiocarbonyl (C=S) groups is 1. The van der Waals surface area contributed by atoms with Crippen LogP contribution in [0.5, 0.6) is 0 Å². The van der Waals surface area contributed by atoms with Gasteiger partial charge in [-0.2, -0.15) is 18.4 Å². The smallest absolute Gasteiger partial charge is 0.303 e. The first-order valence-electron chi connectivity index (χ1n) is 12.6.